The molecule has 2 aromatic heterocycles. The lowest BCUT2D eigenvalue weighted by Gasteiger charge is -2.10. The fourth-order valence-electron chi connectivity index (χ4n) is 2.64. The van der Waals surface area contributed by atoms with Crippen molar-refractivity contribution >= 4 is 50.6 Å². The molecule has 3 aromatic rings. The van der Waals surface area contributed by atoms with E-state index in [1.165, 1.54) is 6.92 Å². The van der Waals surface area contributed by atoms with Crippen molar-refractivity contribution < 1.29 is 14.3 Å². The second-order valence-electron chi connectivity index (χ2n) is 6.08. The highest BCUT2D eigenvalue weighted by Gasteiger charge is 2.23. The molecule has 0 fully saturated rings. The monoisotopic (exact) mass is 419 g/mol. The minimum Gasteiger partial charge on any atom is -0.461 e. The number of hydrogen-bond acceptors (Lipinski definition) is 6. The number of thiophene rings is 1. The molecule has 0 saturated carbocycles. The molecule has 0 radical (unpaired) electrons. The fraction of sp³-hybridized carbons (Fsp3) is 0.263. The van der Waals surface area contributed by atoms with Gasteiger partial charge in [0.05, 0.1) is 17.7 Å². The highest BCUT2D eigenvalue weighted by molar-refractivity contribution is 7.16. The maximum absolute atomic E-state index is 13.2. The Hall–Kier alpha value is -2.71. The number of alkyl halides is 1. The van der Waals surface area contributed by atoms with Crippen molar-refractivity contribution in [2.45, 2.75) is 26.1 Å². The average molecular weight is 420 g/mol. The molecule has 1 amide bonds. The number of hydrogen-bond donors (Lipinski definition) is 1. The van der Waals surface area contributed by atoms with E-state index in [2.05, 4.69) is 10.4 Å². The first kappa shape index (κ1) is 20.0. The molecule has 1 unspecified atom stereocenters. The Kier molecular flexibility index (Phi) is 5.81. The van der Waals surface area contributed by atoms with E-state index in [1.54, 1.807) is 30.5 Å². The third kappa shape index (κ3) is 3.79. The minimum absolute atomic E-state index is 0.00799. The first-order chi connectivity index (χ1) is 13.3. The molecule has 9 heteroatoms. The van der Waals surface area contributed by atoms with Crippen LogP contribution in [0.4, 0.5) is 5.00 Å². The lowest BCUT2D eigenvalue weighted by molar-refractivity contribution is -0.115. The van der Waals surface area contributed by atoms with Gasteiger partial charge in [-0.1, -0.05) is 12.1 Å². The van der Waals surface area contributed by atoms with Crippen molar-refractivity contribution in [2.24, 2.45) is 0 Å². The number of halogens is 1. The normalized spacial score (nSPS) is 12.0. The largest absolute Gasteiger partial charge is 0.461 e. The van der Waals surface area contributed by atoms with Gasteiger partial charge in [0.15, 0.2) is 5.69 Å². The van der Waals surface area contributed by atoms with Crippen LogP contribution in [-0.4, -0.2) is 33.6 Å². The number of nitrogens with one attached hydrogen (secondary N) is 1. The Bertz CT molecular complexity index is 1120. The van der Waals surface area contributed by atoms with Gasteiger partial charge in [0.2, 0.25) is 5.91 Å². The summed E-state index contributed by atoms with van der Waals surface area (Å²) in [6.07, 6.45) is 0. The van der Waals surface area contributed by atoms with Crippen LogP contribution >= 0.6 is 22.9 Å². The van der Waals surface area contributed by atoms with Crippen molar-refractivity contribution in [3.8, 4) is 5.69 Å². The van der Waals surface area contributed by atoms with Gasteiger partial charge in [0, 0.05) is 10.8 Å². The van der Waals surface area contributed by atoms with Gasteiger partial charge < -0.3 is 10.1 Å². The van der Waals surface area contributed by atoms with Crippen LogP contribution in [0.1, 0.15) is 29.9 Å². The molecule has 0 aliphatic rings. The number of benzene rings is 1. The van der Waals surface area contributed by atoms with E-state index in [1.807, 2.05) is 13.0 Å². The molecule has 0 aliphatic heterocycles. The first-order valence-corrected chi connectivity index (χ1v) is 9.88. The van der Waals surface area contributed by atoms with Crippen molar-refractivity contribution in [3.05, 3.63) is 51.3 Å². The number of nitrogens with zero attached hydrogens (tertiary/aromatic N) is 2. The molecule has 1 atom stereocenters. The van der Waals surface area contributed by atoms with Gasteiger partial charge in [-0.2, -0.15) is 9.78 Å². The van der Waals surface area contributed by atoms with Gasteiger partial charge in [-0.25, -0.2) is 4.79 Å². The van der Waals surface area contributed by atoms with Crippen LogP contribution in [0.15, 0.2) is 34.4 Å². The minimum atomic E-state index is -0.775. The lowest BCUT2D eigenvalue weighted by Crippen LogP contribution is -2.26. The van der Waals surface area contributed by atoms with Gasteiger partial charge in [-0.15, -0.1) is 22.9 Å². The van der Waals surface area contributed by atoms with Crippen molar-refractivity contribution in [2.75, 3.05) is 11.9 Å². The summed E-state index contributed by atoms with van der Waals surface area (Å²) in [5.41, 5.74) is 0.992. The summed E-state index contributed by atoms with van der Waals surface area (Å²) in [7, 11) is 0. The highest BCUT2D eigenvalue weighted by Crippen LogP contribution is 2.31. The number of carbonyl (C=O) groups excluding carboxylic acids is 2. The number of amides is 1. The molecule has 0 aliphatic carbocycles. The summed E-state index contributed by atoms with van der Waals surface area (Å²) >= 11 is 6.95. The molecule has 1 aromatic carbocycles. The topological polar surface area (TPSA) is 90.3 Å². The quantitative estimate of drug-likeness (QED) is 0.505. The fourth-order valence-corrected chi connectivity index (χ4v) is 3.63. The lowest BCUT2D eigenvalue weighted by atomic mass is 10.2. The molecule has 1 N–H and O–H groups in total. The molecule has 2 heterocycles. The maximum atomic E-state index is 13.2. The van der Waals surface area contributed by atoms with Crippen LogP contribution < -0.4 is 10.9 Å². The average Bonchev–Trinajstić information content (AvgIpc) is 3.06. The summed E-state index contributed by atoms with van der Waals surface area (Å²) in [5, 5.41) is 8.56. The van der Waals surface area contributed by atoms with Gasteiger partial charge in [0.1, 0.15) is 10.4 Å². The van der Waals surface area contributed by atoms with Crippen LogP contribution in [0.25, 0.3) is 16.5 Å². The molecular formula is C19H18ClN3O4S. The van der Waals surface area contributed by atoms with E-state index in [9.17, 15) is 14.4 Å². The zero-order chi connectivity index (χ0) is 20.4. The molecule has 28 heavy (non-hydrogen) atoms. The SMILES string of the molecule is CCOC(=O)c1nn(-c2cccc(C)c2)c(=O)c2c(NC(=O)C(C)Cl)scc12. The molecule has 7 nitrogen and oxygen atoms in total. The zero-order valence-corrected chi connectivity index (χ0v) is 17.1. The van der Waals surface area contributed by atoms with Gasteiger partial charge in [0.25, 0.3) is 5.56 Å². The first-order valence-electron chi connectivity index (χ1n) is 8.57. The number of carbonyl (C=O) groups is 2. The van der Waals surface area contributed by atoms with E-state index in [-0.39, 0.29) is 17.7 Å². The Morgan fingerprint density at radius 1 is 1.39 bits per heavy atom. The Morgan fingerprint density at radius 3 is 2.79 bits per heavy atom. The third-order valence-electron chi connectivity index (χ3n) is 3.97. The number of aryl methyl sites for hydroxylation is 1. The Labute approximate surface area is 169 Å². The molecule has 0 saturated heterocycles. The summed E-state index contributed by atoms with van der Waals surface area (Å²) in [4.78, 5) is 37.7. The molecule has 0 spiro atoms. The predicted octanol–water partition coefficient (Wildman–Crippen LogP) is 3.50. The predicted molar refractivity (Wildman–Crippen MR) is 110 cm³/mol. The smallest absolute Gasteiger partial charge is 0.359 e. The number of fused-ring (bicyclic) bond motifs is 1. The van der Waals surface area contributed by atoms with E-state index < -0.39 is 22.8 Å². The highest BCUT2D eigenvalue weighted by atomic mass is 35.5. The van der Waals surface area contributed by atoms with E-state index in [0.29, 0.717) is 16.1 Å². The summed E-state index contributed by atoms with van der Waals surface area (Å²) in [6, 6.07) is 7.17. The second kappa shape index (κ2) is 8.12. The van der Waals surface area contributed by atoms with E-state index in [4.69, 9.17) is 16.3 Å². The number of ether oxygens (including phenoxy) is 1. The summed E-state index contributed by atoms with van der Waals surface area (Å²) < 4.78 is 6.25. The maximum Gasteiger partial charge on any atom is 0.359 e. The number of rotatable bonds is 5. The summed E-state index contributed by atoms with van der Waals surface area (Å²) in [5.74, 6) is -1.09. The van der Waals surface area contributed by atoms with Crippen molar-refractivity contribution in [1.82, 2.24) is 9.78 Å². The Balaban J connectivity index is 2.29. The van der Waals surface area contributed by atoms with E-state index >= 15 is 0 Å². The van der Waals surface area contributed by atoms with Crippen LogP contribution in [0, 0.1) is 6.92 Å². The summed E-state index contributed by atoms with van der Waals surface area (Å²) in [6.45, 7) is 5.27. The molecular weight excluding hydrogens is 402 g/mol. The van der Waals surface area contributed by atoms with Crippen molar-refractivity contribution in [1.29, 1.82) is 0 Å². The third-order valence-corrected chi connectivity index (χ3v) is 5.06. The number of esters is 1. The van der Waals surface area contributed by atoms with Gasteiger partial charge >= 0.3 is 5.97 Å². The van der Waals surface area contributed by atoms with Crippen LogP contribution in [0.2, 0.25) is 0 Å². The Morgan fingerprint density at radius 2 is 2.14 bits per heavy atom. The molecule has 0 bridgehead atoms. The molecule has 146 valence electrons. The molecule has 3 rings (SSSR count). The second-order valence-corrected chi connectivity index (χ2v) is 7.62. The van der Waals surface area contributed by atoms with Crippen LogP contribution in [-0.2, 0) is 9.53 Å². The van der Waals surface area contributed by atoms with E-state index in [0.717, 1.165) is 21.6 Å². The van der Waals surface area contributed by atoms with Crippen molar-refractivity contribution in [3.63, 3.8) is 0 Å². The van der Waals surface area contributed by atoms with Crippen LogP contribution in [0.5, 0.6) is 0 Å². The van der Waals surface area contributed by atoms with Gasteiger partial charge in [-0.05, 0) is 38.5 Å². The number of anilines is 1. The standard InChI is InChI=1S/C19H18ClN3O4S/c1-4-27-19(26)15-13-9-28-17(21-16(24)11(3)20)14(13)18(25)23(22-15)12-7-5-6-10(2)8-12/h5-9,11H,4H2,1-3H3,(H,21,24). The zero-order valence-electron chi connectivity index (χ0n) is 15.5. The van der Waals surface area contributed by atoms with Crippen LogP contribution in [0.3, 0.4) is 0 Å². The van der Waals surface area contributed by atoms with Gasteiger partial charge in [-0.3, -0.25) is 9.59 Å². The number of aromatic nitrogens is 2.